The van der Waals surface area contributed by atoms with Crippen LogP contribution in [-0.2, 0) is 26.0 Å². The molecule has 146 valence electrons. The molecule has 1 fully saturated rings. The van der Waals surface area contributed by atoms with Crippen molar-refractivity contribution in [3.05, 3.63) is 40.6 Å². The van der Waals surface area contributed by atoms with Gasteiger partial charge in [0.2, 0.25) is 15.9 Å². The molecule has 1 aromatic heterocycles. The third-order valence-corrected chi connectivity index (χ3v) is 6.91. The number of hydrogen-bond donors (Lipinski definition) is 1. The summed E-state index contributed by atoms with van der Waals surface area (Å²) in [5, 5.41) is 6.75. The lowest BCUT2D eigenvalue weighted by Crippen LogP contribution is -2.40. The molecule has 1 N–H and O–H groups in total. The molecule has 0 saturated carbocycles. The first-order valence-electron chi connectivity index (χ1n) is 8.57. The highest BCUT2D eigenvalue weighted by atomic mass is 32.2. The number of carbonyl (C=O) groups excluding carboxylic acids is 1. The minimum absolute atomic E-state index is 0.0440. The second-order valence-electron chi connectivity index (χ2n) is 6.06. The number of rotatable bonds is 7. The van der Waals surface area contributed by atoms with Crippen LogP contribution in [0.5, 0.6) is 5.75 Å². The third-order valence-electron chi connectivity index (χ3n) is 4.26. The van der Waals surface area contributed by atoms with E-state index >= 15 is 0 Å². The van der Waals surface area contributed by atoms with Crippen LogP contribution in [0.2, 0.25) is 0 Å². The molecule has 1 aromatic carbocycles. The smallest absolute Gasteiger partial charge is 0.246 e. The number of benzene rings is 1. The van der Waals surface area contributed by atoms with Crippen molar-refractivity contribution in [1.29, 1.82) is 0 Å². The molecule has 2 heterocycles. The Morgan fingerprint density at radius 2 is 2.07 bits per heavy atom. The van der Waals surface area contributed by atoms with E-state index in [-0.39, 0.29) is 16.6 Å². The summed E-state index contributed by atoms with van der Waals surface area (Å²) >= 11 is 1.59. The second-order valence-corrected chi connectivity index (χ2v) is 8.75. The van der Waals surface area contributed by atoms with Gasteiger partial charge < -0.3 is 14.8 Å². The van der Waals surface area contributed by atoms with E-state index in [4.69, 9.17) is 9.47 Å². The minimum Gasteiger partial charge on any atom is -0.495 e. The van der Waals surface area contributed by atoms with Gasteiger partial charge in [0.1, 0.15) is 10.6 Å². The van der Waals surface area contributed by atoms with Crippen LogP contribution in [0.15, 0.2) is 39.9 Å². The van der Waals surface area contributed by atoms with Gasteiger partial charge in [-0.1, -0.05) is 0 Å². The van der Waals surface area contributed by atoms with E-state index in [1.54, 1.807) is 23.5 Å². The van der Waals surface area contributed by atoms with Crippen molar-refractivity contribution in [2.75, 3.05) is 38.7 Å². The largest absolute Gasteiger partial charge is 0.495 e. The van der Waals surface area contributed by atoms with Crippen molar-refractivity contribution in [3.8, 4) is 5.75 Å². The van der Waals surface area contributed by atoms with Gasteiger partial charge in [0.15, 0.2) is 0 Å². The number of methoxy groups -OCH3 is 1. The van der Waals surface area contributed by atoms with Crippen LogP contribution in [0.1, 0.15) is 12.0 Å². The highest BCUT2D eigenvalue weighted by Crippen LogP contribution is 2.30. The van der Waals surface area contributed by atoms with E-state index in [2.05, 4.69) is 5.32 Å². The number of sulfonamides is 1. The Bertz CT molecular complexity index is 875. The maximum Gasteiger partial charge on any atom is 0.246 e. The van der Waals surface area contributed by atoms with E-state index in [1.165, 1.54) is 17.5 Å². The van der Waals surface area contributed by atoms with E-state index in [0.29, 0.717) is 44.8 Å². The fourth-order valence-electron chi connectivity index (χ4n) is 2.80. The Labute approximate surface area is 163 Å². The summed E-state index contributed by atoms with van der Waals surface area (Å²) in [7, 11) is -2.31. The molecule has 9 heteroatoms. The fraction of sp³-hybridized carbons (Fsp3) is 0.389. The van der Waals surface area contributed by atoms with Gasteiger partial charge in [-0.3, -0.25) is 4.79 Å². The Kier molecular flexibility index (Phi) is 6.48. The summed E-state index contributed by atoms with van der Waals surface area (Å²) in [6, 6.07) is 6.63. The number of anilines is 1. The van der Waals surface area contributed by atoms with Gasteiger partial charge in [0, 0.05) is 25.2 Å². The van der Waals surface area contributed by atoms with Gasteiger partial charge in [-0.05, 0) is 47.0 Å². The van der Waals surface area contributed by atoms with Gasteiger partial charge >= 0.3 is 0 Å². The average molecular weight is 411 g/mol. The molecule has 0 aliphatic carbocycles. The van der Waals surface area contributed by atoms with Crippen LogP contribution in [0.25, 0.3) is 0 Å². The molecule has 1 aliphatic heterocycles. The summed E-state index contributed by atoms with van der Waals surface area (Å²) in [5.74, 6) is 0.0823. The van der Waals surface area contributed by atoms with Crippen LogP contribution in [0.3, 0.4) is 0 Å². The molecular weight excluding hydrogens is 388 g/mol. The zero-order chi connectivity index (χ0) is 19.3. The molecule has 0 radical (unpaired) electrons. The van der Waals surface area contributed by atoms with Crippen molar-refractivity contribution in [3.63, 3.8) is 0 Å². The molecule has 27 heavy (non-hydrogen) atoms. The van der Waals surface area contributed by atoms with Gasteiger partial charge in [-0.25, -0.2) is 8.42 Å². The Hall–Kier alpha value is -1.94. The summed E-state index contributed by atoms with van der Waals surface area (Å²) in [6.45, 7) is 1.31. The van der Waals surface area contributed by atoms with Crippen molar-refractivity contribution in [2.24, 2.45) is 0 Å². The highest BCUT2D eigenvalue weighted by Gasteiger charge is 2.29. The fourth-order valence-corrected chi connectivity index (χ4v) is 5.09. The van der Waals surface area contributed by atoms with Gasteiger partial charge in [-0.2, -0.15) is 15.6 Å². The molecule has 1 amide bonds. The molecule has 1 aliphatic rings. The number of hydrogen-bond acceptors (Lipinski definition) is 6. The number of aryl methyl sites for hydroxylation is 1. The first-order chi connectivity index (χ1) is 13.0. The monoisotopic (exact) mass is 410 g/mol. The van der Waals surface area contributed by atoms with E-state index in [1.807, 2.05) is 16.8 Å². The second kappa shape index (κ2) is 8.83. The van der Waals surface area contributed by atoms with Crippen LogP contribution >= 0.6 is 11.3 Å². The van der Waals surface area contributed by atoms with Gasteiger partial charge in [0.05, 0.1) is 20.3 Å². The lowest BCUT2D eigenvalue weighted by Gasteiger charge is -2.26. The summed E-state index contributed by atoms with van der Waals surface area (Å²) in [4.78, 5) is 12.3. The quantitative estimate of drug-likeness (QED) is 0.757. The van der Waals surface area contributed by atoms with Crippen LogP contribution in [0.4, 0.5) is 5.69 Å². The Morgan fingerprint density at radius 1 is 1.30 bits per heavy atom. The Morgan fingerprint density at radius 3 is 2.74 bits per heavy atom. The molecule has 0 atom stereocenters. The summed E-state index contributed by atoms with van der Waals surface area (Å²) < 4.78 is 37.8. The Balaban J connectivity index is 1.75. The number of ether oxygens (including phenoxy) is 2. The summed E-state index contributed by atoms with van der Waals surface area (Å²) in [5.41, 5.74) is 1.54. The van der Waals surface area contributed by atoms with Crippen LogP contribution in [-0.4, -0.2) is 52.0 Å². The zero-order valence-corrected chi connectivity index (χ0v) is 16.6. The first kappa shape index (κ1) is 19.8. The predicted molar refractivity (Wildman–Crippen MR) is 104 cm³/mol. The molecule has 2 aromatic rings. The lowest BCUT2D eigenvalue weighted by molar-refractivity contribution is -0.116. The normalized spacial score (nSPS) is 15.4. The van der Waals surface area contributed by atoms with E-state index < -0.39 is 10.0 Å². The number of amides is 1. The van der Waals surface area contributed by atoms with Gasteiger partial charge in [0.25, 0.3) is 0 Å². The number of nitrogens with zero attached hydrogens (tertiary/aromatic N) is 1. The zero-order valence-electron chi connectivity index (χ0n) is 15.0. The van der Waals surface area contributed by atoms with Crippen LogP contribution in [0, 0.1) is 0 Å². The maximum atomic E-state index is 13.0. The minimum atomic E-state index is -3.73. The molecule has 0 unspecified atom stereocenters. The highest BCUT2D eigenvalue weighted by molar-refractivity contribution is 7.89. The van der Waals surface area contributed by atoms with Gasteiger partial charge in [-0.15, -0.1) is 0 Å². The van der Waals surface area contributed by atoms with Crippen LogP contribution < -0.4 is 10.1 Å². The molecule has 0 spiro atoms. The summed E-state index contributed by atoms with van der Waals surface area (Å²) in [6.07, 6.45) is 0.971. The lowest BCUT2D eigenvalue weighted by atomic mass is 10.2. The third kappa shape index (κ3) is 4.86. The SMILES string of the molecule is COc1ccc(NC(=O)CCc2ccsc2)cc1S(=O)(=O)N1CCOCC1. The van der Waals surface area contributed by atoms with Crippen molar-refractivity contribution >= 4 is 33.0 Å². The molecule has 7 nitrogen and oxygen atoms in total. The van der Waals surface area contributed by atoms with E-state index in [0.717, 1.165) is 5.56 Å². The maximum absolute atomic E-state index is 13.0. The molecular formula is C18H22N2O5S2. The number of carbonyl (C=O) groups is 1. The molecule has 1 saturated heterocycles. The van der Waals surface area contributed by atoms with Crippen molar-refractivity contribution in [1.82, 2.24) is 4.31 Å². The standard InChI is InChI=1S/C18H22N2O5S2/c1-24-16-4-3-15(19-18(21)5-2-14-6-11-26-13-14)12-17(16)27(22,23)20-7-9-25-10-8-20/h3-4,6,11-13H,2,5,7-10H2,1H3,(H,19,21). The molecule has 3 rings (SSSR count). The van der Waals surface area contributed by atoms with Crippen molar-refractivity contribution < 1.29 is 22.7 Å². The van der Waals surface area contributed by atoms with E-state index in [9.17, 15) is 13.2 Å². The first-order valence-corrected chi connectivity index (χ1v) is 11.0. The average Bonchev–Trinajstić information content (AvgIpc) is 3.21. The van der Waals surface area contributed by atoms with Crippen molar-refractivity contribution in [2.45, 2.75) is 17.7 Å². The number of thiophene rings is 1. The number of nitrogens with one attached hydrogen (secondary N) is 1. The topological polar surface area (TPSA) is 84.9 Å². The number of morpholine rings is 1. The molecule has 0 bridgehead atoms. The predicted octanol–water partition coefficient (Wildman–Crippen LogP) is 2.35.